The Morgan fingerprint density at radius 1 is 0.490 bits per heavy atom. The van der Waals surface area contributed by atoms with Crippen LogP contribution in [0.15, 0.2) is 156 Å². The zero-order valence-electron chi connectivity index (χ0n) is 28.2. The third-order valence-electron chi connectivity index (χ3n) is 11.0. The van der Waals surface area contributed by atoms with Gasteiger partial charge in [-0.05, 0) is 76.9 Å². The minimum atomic E-state index is -0.158. The summed E-state index contributed by atoms with van der Waals surface area (Å²) in [5, 5.41) is 5.94. The molecule has 1 aliphatic rings. The van der Waals surface area contributed by atoms with Crippen LogP contribution in [0.3, 0.4) is 0 Å². The Balaban J connectivity index is 1.13. The average Bonchev–Trinajstić information content (AvgIpc) is 3.80. The Bertz CT molecular complexity index is 3040. The number of hydrogen-bond acceptors (Lipinski definition) is 3. The van der Waals surface area contributed by atoms with E-state index in [0.717, 1.165) is 50.0 Å². The molecule has 0 spiro atoms. The highest BCUT2D eigenvalue weighted by Gasteiger charge is 2.39. The van der Waals surface area contributed by atoms with Gasteiger partial charge in [-0.2, -0.15) is 0 Å². The van der Waals surface area contributed by atoms with E-state index in [9.17, 15) is 0 Å². The van der Waals surface area contributed by atoms with Gasteiger partial charge in [-0.3, -0.25) is 0 Å². The molecule has 51 heavy (non-hydrogen) atoms. The lowest BCUT2D eigenvalue weighted by atomic mass is 9.82. The summed E-state index contributed by atoms with van der Waals surface area (Å²) >= 11 is 0. The molecule has 0 bridgehead atoms. The van der Waals surface area contributed by atoms with Crippen LogP contribution in [0.1, 0.15) is 25.0 Å². The summed E-state index contributed by atoms with van der Waals surface area (Å²) in [6.07, 6.45) is 0. The van der Waals surface area contributed by atoms with Crippen molar-refractivity contribution >= 4 is 54.6 Å². The minimum Gasteiger partial charge on any atom is -0.456 e. The van der Waals surface area contributed by atoms with Crippen molar-refractivity contribution in [2.75, 3.05) is 0 Å². The van der Waals surface area contributed by atoms with Gasteiger partial charge < -0.3 is 8.98 Å². The first kappa shape index (κ1) is 28.3. The Labute approximate surface area is 294 Å². The first-order valence-corrected chi connectivity index (χ1v) is 17.5. The van der Waals surface area contributed by atoms with E-state index in [-0.39, 0.29) is 5.41 Å². The summed E-state index contributed by atoms with van der Waals surface area (Å²) in [6, 6.07) is 53.7. The highest BCUT2D eigenvalue weighted by Crippen LogP contribution is 2.56. The first-order valence-electron chi connectivity index (χ1n) is 17.5. The largest absolute Gasteiger partial charge is 0.456 e. The maximum atomic E-state index is 6.42. The summed E-state index contributed by atoms with van der Waals surface area (Å²) in [7, 11) is 0. The summed E-state index contributed by atoms with van der Waals surface area (Å²) in [5.41, 5.74) is 14.4. The summed E-state index contributed by atoms with van der Waals surface area (Å²) < 4.78 is 8.83. The normalized spacial score (nSPS) is 13.5. The zero-order chi connectivity index (χ0) is 33.8. The lowest BCUT2D eigenvalue weighted by molar-refractivity contribution is 0.657. The van der Waals surface area contributed by atoms with E-state index >= 15 is 0 Å². The number of rotatable bonds is 3. The fourth-order valence-electron chi connectivity index (χ4n) is 8.64. The van der Waals surface area contributed by atoms with Gasteiger partial charge in [0.25, 0.3) is 0 Å². The molecule has 240 valence electrons. The van der Waals surface area contributed by atoms with E-state index < -0.39 is 0 Å². The van der Waals surface area contributed by atoms with Gasteiger partial charge in [0, 0.05) is 49.2 Å². The molecule has 3 heterocycles. The Kier molecular flexibility index (Phi) is 5.70. The van der Waals surface area contributed by atoms with Crippen molar-refractivity contribution in [1.82, 2.24) is 14.5 Å². The fraction of sp³-hybridized carbons (Fsp3) is 0.0638. The second-order valence-corrected chi connectivity index (χ2v) is 14.1. The lowest BCUT2D eigenvalue weighted by Crippen LogP contribution is -2.14. The maximum absolute atomic E-state index is 6.42. The van der Waals surface area contributed by atoms with Crippen LogP contribution in [-0.2, 0) is 5.41 Å². The van der Waals surface area contributed by atoms with Crippen LogP contribution < -0.4 is 0 Å². The number of nitrogens with zero attached hydrogens (tertiary/aromatic N) is 3. The molecule has 0 saturated heterocycles. The topological polar surface area (TPSA) is 43.9 Å². The molecule has 0 amide bonds. The zero-order valence-corrected chi connectivity index (χ0v) is 28.2. The molecule has 0 saturated carbocycles. The molecular weight excluding hydrogens is 623 g/mol. The molecule has 0 N–H and O–H groups in total. The van der Waals surface area contributed by atoms with Crippen LogP contribution in [0, 0.1) is 0 Å². The molecule has 11 rings (SSSR count). The Morgan fingerprint density at radius 3 is 1.98 bits per heavy atom. The quantitative estimate of drug-likeness (QED) is 0.191. The number of para-hydroxylation sites is 3. The highest BCUT2D eigenvalue weighted by molar-refractivity contribution is 6.23. The average molecular weight is 654 g/mol. The van der Waals surface area contributed by atoms with Gasteiger partial charge >= 0.3 is 0 Å². The van der Waals surface area contributed by atoms with Crippen molar-refractivity contribution in [3.8, 4) is 39.5 Å². The molecule has 1 aliphatic carbocycles. The van der Waals surface area contributed by atoms with E-state index in [2.05, 4.69) is 146 Å². The number of fused-ring (bicyclic) bond motifs is 12. The van der Waals surface area contributed by atoms with Crippen LogP contribution in [-0.4, -0.2) is 14.5 Å². The van der Waals surface area contributed by atoms with Crippen molar-refractivity contribution in [3.05, 3.63) is 163 Å². The predicted octanol–water partition coefficient (Wildman–Crippen LogP) is 12.3. The summed E-state index contributed by atoms with van der Waals surface area (Å²) in [4.78, 5) is 10.1. The Hall–Kier alpha value is -6.52. The molecule has 0 fully saturated rings. The van der Waals surface area contributed by atoms with E-state index in [0.29, 0.717) is 5.82 Å². The monoisotopic (exact) mass is 653 g/mol. The highest BCUT2D eigenvalue weighted by atomic mass is 16.3. The smallest absolute Gasteiger partial charge is 0.160 e. The van der Waals surface area contributed by atoms with Gasteiger partial charge in [-0.25, -0.2) is 9.97 Å². The molecule has 0 radical (unpaired) electrons. The Morgan fingerprint density at radius 2 is 1.16 bits per heavy atom. The molecular formula is C47H31N3O. The van der Waals surface area contributed by atoms with Gasteiger partial charge in [-0.1, -0.05) is 111 Å². The fourth-order valence-corrected chi connectivity index (χ4v) is 8.64. The van der Waals surface area contributed by atoms with Gasteiger partial charge in [0.2, 0.25) is 0 Å². The number of furan rings is 1. The third-order valence-corrected chi connectivity index (χ3v) is 11.0. The molecule has 4 heteroatoms. The first-order chi connectivity index (χ1) is 25.1. The standard InChI is InChI=1S/C47H31N3O/c1-47(2)34-24-26-38-41(43(34)44-35(47)25-27-40-42(44)33-16-8-11-19-39(33)51-40)32-15-7-10-18-37(32)50(38)30-22-20-29(21-23-30)46-48-36-17-9-6-14-31(36)45(49-46)28-12-4-3-5-13-28/h3-27H,1-2H3. The van der Waals surface area contributed by atoms with Gasteiger partial charge in [0.1, 0.15) is 11.2 Å². The van der Waals surface area contributed by atoms with Crippen LogP contribution in [0.2, 0.25) is 0 Å². The SMILES string of the molecule is CC1(C)c2ccc3oc4ccccc4c3c2-c2c1ccc1c2c2ccccc2n1-c1ccc(-c2nc(-c3ccccc3)c3ccccc3n2)cc1. The van der Waals surface area contributed by atoms with Crippen LogP contribution in [0.25, 0.3) is 94.1 Å². The van der Waals surface area contributed by atoms with Crippen molar-refractivity contribution < 1.29 is 4.42 Å². The van der Waals surface area contributed by atoms with E-state index in [4.69, 9.17) is 14.4 Å². The van der Waals surface area contributed by atoms with Gasteiger partial charge in [0.15, 0.2) is 5.82 Å². The van der Waals surface area contributed by atoms with Crippen molar-refractivity contribution in [2.24, 2.45) is 0 Å². The summed E-state index contributed by atoms with van der Waals surface area (Å²) in [6.45, 7) is 4.71. The van der Waals surface area contributed by atoms with E-state index in [1.807, 2.05) is 24.3 Å². The van der Waals surface area contributed by atoms with Crippen LogP contribution >= 0.6 is 0 Å². The predicted molar refractivity (Wildman–Crippen MR) is 210 cm³/mol. The molecule has 0 atom stereocenters. The summed E-state index contributed by atoms with van der Waals surface area (Å²) in [5.74, 6) is 0.717. The molecule has 0 unspecified atom stereocenters. The van der Waals surface area contributed by atoms with Crippen molar-refractivity contribution in [3.63, 3.8) is 0 Å². The maximum Gasteiger partial charge on any atom is 0.160 e. The van der Waals surface area contributed by atoms with E-state index in [1.54, 1.807) is 0 Å². The lowest BCUT2D eigenvalue weighted by Gasteiger charge is -2.21. The minimum absolute atomic E-state index is 0.158. The van der Waals surface area contributed by atoms with Gasteiger partial charge in [-0.15, -0.1) is 0 Å². The number of benzene rings is 7. The number of hydrogen-bond donors (Lipinski definition) is 0. The van der Waals surface area contributed by atoms with Crippen LogP contribution in [0.5, 0.6) is 0 Å². The molecule has 7 aromatic carbocycles. The van der Waals surface area contributed by atoms with E-state index in [1.165, 1.54) is 49.4 Å². The molecule has 10 aromatic rings. The third kappa shape index (κ3) is 3.90. The second kappa shape index (κ2) is 10.3. The van der Waals surface area contributed by atoms with Crippen molar-refractivity contribution in [1.29, 1.82) is 0 Å². The second-order valence-electron chi connectivity index (χ2n) is 14.1. The molecule has 3 aromatic heterocycles. The van der Waals surface area contributed by atoms with Crippen LogP contribution in [0.4, 0.5) is 0 Å². The number of aromatic nitrogens is 3. The van der Waals surface area contributed by atoms with Crippen molar-refractivity contribution in [2.45, 2.75) is 19.3 Å². The molecule has 4 nitrogen and oxygen atoms in total. The van der Waals surface area contributed by atoms with Gasteiger partial charge in [0.05, 0.1) is 22.2 Å². The molecule has 0 aliphatic heterocycles.